The van der Waals surface area contributed by atoms with Crippen molar-refractivity contribution in [1.82, 2.24) is 9.55 Å². The Balaban J connectivity index is 1.46. The molecule has 1 amide bonds. The summed E-state index contributed by atoms with van der Waals surface area (Å²) in [7, 11) is 3.64. The maximum atomic E-state index is 12.8. The van der Waals surface area contributed by atoms with Gasteiger partial charge in [0.25, 0.3) is 0 Å². The SMILES string of the molecule is COc1ccc(-c2cnc(SCC(=O)N3CCCc4ccccc43)n2C)cc1. The van der Waals surface area contributed by atoms with Gasteiger partial charge in [-0.15, -0.1) is 0 Å². The summed E-state index contributed by atoms with van der Waals surface area (Å²) >= 11 is 1.48. The van der Waals surface area contributed by atoms with Crippen molar-refractivity contribution in [3.63, 3.8) is 0 Å². The Labute approximate surface area is 169 Å². The second-order valence-electron chi connectivity index (χ2n) is 6.78. The van der Waals surface area contributed by atoms with Crippen LogP contribution in [0.15, 0.2) is 59.9 Å². The molecular weight excluding hydrogens is 370 g/mol. The highest BCUT2D eigenvalue weighted by molar-refractivity contribution is 7.99. The number of imidazole rings is 1. The third-order valence-corrected chi connectivity index (χ3v) is 6.10. The number of hydrogen-bond donors (Lipinski definition) is 0. The number of rotatable bonds is 5. The summed E-state index contributed by atoms with van der Waals surface area (Å²) in [6.07, 6.45) is 3.90. The monoisotopic (exact) mass is 393 g/mol. The van der Waals surface area contributed by atoms with Crippen LogP contribution in [-0.4, -0.2) is 34.9 Å². The number of fused-ring (bicyclic) bond motifs is 1. The molecule has 0 N–H and O–H groups in total. The van der Waals surface area contributed by atoms with Crippen molar-refractivity contribution in [3.05, 3.63) is 60.3 Å². The van der Waals surface area contributed by atoms with E-state index in [4.69, 9.17) is 4.74 Å². The molecule has 4 rings (SSSR count). The van der Waals surface area contributed by atoms with Gasteiger partial charge >= 0.3 is 0 Å². The molecule has 2 aromatic carbocycles. The zero-order chi connectivity index (χ0) is 19.5. The number of nitrogens with zero attached hydrogens (tertiary/aromatic N) is 3. The van der Waals surface area contributed by atoms with Gasteiger partial charge in [0.2, 0.25) is 5.91 Å². The molecule has 1 aliphatic rings. The zero-order valence-electron chi connectivity index (χ0n) is 16.1. The van der Waals surface area contributed by atoms with Crippen LogP contribution in [0.1, 0.15) is 12.0 Å². The second kappa shape index (κ2) is 8.10. The number of ether oxygens (including phenoxy) is 1. The van der Waals surface area contributed by atoms with E-state index >= 15 is 0 Å². The van der Waals surface area contributed by atoms with Gasteiger partial charge in [0.15, 0.2) is 5.16 Å². The van der Waals surface area contributed by atoms with Gasteiger partial charge in [-0.05, 0) is 48.7 Å². The molecule has 0 atom stereocenters. The number of amides is 1. The van der Waals surface area contributed by atoms with Gasteiger partial charge in [-0.2, -0.15) is 0 Å². The lowest BCUT2D eigenvalue weighted by atomic mass is 10.0. The lowest BCUT2D eigenvalue weighted by Gasteiger charge is -2.29. The van der Waals surface area contributed by atoms with Gasteiger partial charge in [0.05, 0.1) is 24.8 Å². The number of anilines is 1. The first-order valence-electron chi connectivity index (χ1n) is 9.34. The van der Waals surface area contributed by atoms with Gasteiger partial charge in [0.1, 0.15) is 5.75 Å². The van der Waals surface area contributed by atoms with Crippen molar-refractivity contribution in [3.8, 4) is 17.0 Å². The van der Waals surface area contributed by atoms with Crippen molar-refractivity contribution in [1.29, 1.82) is 0 Å². The fourth-order valence-corrected chi connectivity index (χ4v) is 4.38. The first-order valence-corrected chi connectivity index (χ1v) is 10.3. The highest BCUT2D eigenvalue weighted by atomic mass is 32.2. The lowest BCUT2D eigenvalue weighted by molar-refractivity contribution is -0.116. The molecule has 1 aromatic heterocycles. The summed E-state index contributed by atoms with van der Waals surface area (Å²) in [6, 6.07) is 16.1. The normalized spacial score (nSPS) is 13.3. The largest absolute Gasteiger partial charge is 0.497 e. The van der Waals surface area contributed by atoms with E-state index in [0.29, 0.717) is 5.75 Å². The van der Waals surface area contributed by atoms with Crippen molar-refractivity contribution >= 4 is 23.4 Å². The molecule has 1 aliphatic heterocycles. The summed E-state index contributed by atoms with van der Waals surface area (Å²) in [5.41, 5.74) is 4.39. The number of thioether (sulfide) groups is 1. The average Bonchev–Trinajstić information content (AvgIpc) is 3.12. The van der Waals surface area contributed by atoms with Crippen LogP contribution in [0.2, 0.25) is 0 Å². The molecule has 0 saturated heterocycles. The van der Waals surface area contributed by atoms with E-state index in [0.717, 1.165) is 47.2 Å². The Bertz CT molecular complexity index is 982. The molecule has 0 radical (unpaired) electrons. The van der Waals surface area contributed by atoms with E-state index < -0.39 is 0 Å². The van der Waals surface area contributed by atoms with Crippen molar-refractivity contribution in [2.45, 2.75) is 18.0 Å². The number of aromatic nitrogens is 2. The molecule has 28 heavy (non-hydrogen) atoms. The first kappa shape index (κ1) is 18.6. The molecule has 0 saturated carbocycles. The Morgan fingerprint density at radius 1 is 1.18 bits per heavy atom. The third-order valence-electron chi connectivity index (χ3n) is 5.07. The molecule has 0 aliphatic carbocycles. The molecule has 144 valence electrons. The number of aryl methyl sites for hydroxylation is 1. The number of benzene rings is 2. The predicted molar refractivity (Wildman–Crippen MR) is 113 cm³/mol. The molecule has 0 fully saturated rings. The quantitative estimate of drug-likeness (QED) is 0.611. The van der Waals surface area contributed by atoms with E-state index in [9.17, 15) is 4.79 Å². The van der Waals surface area contributed by atoms with E-state index in [1.54, 1.807) is 7.11 Å². The second-order valence-corrected chi connectivity index (χ2v) is 7.72. The van der Waals surface area contributed by atoms with Crippen LogP contribution in [0.25, 0.3) is 11.3 Å². The van der Waals surface area contributed by atoms with Gasteiger partial charge in [-0.3, -0.25) is 4.79 Å². The third kappa shape index (κ3) is 3.64. The summed E-state index contributed by atoms with van der Waals surface area (Å²) < 4.78 is 7.25. The topological polar surface area (TPSA) is 47.4 Å². The van der Waals surface area contributed by atoms with E-state index in [1.807, 2.05) is 65.2 Å². The van der Waals surface area contributed by atoms with Gasteiger partial charge in [-0.1, -0.05) is 30.0 Å². The molecule has 3 aromatic rings. The Kier molecular flexibility index (Phi) is 5.39. The molecule has 0 spiro atoms. The Hall–Kier alpha value is -2.73. The number of carbonyl (C=O) groups excluding carboxylic acids is 1. The summed E-state index contributed by atoms with van der Waals surface area (Å²) in [6.45, 7) is 0.786. The van der Waals surface area contributed by atoms with E-state index in [-0.39, 0.29) is 5.91 Å². The fraction of sp³-hybridized carbons (Fsp3) is 0.273. The smallest absolute Gasteiger partial charge is 0.237 e. The minimum absolute atomic E-state index is 0.131. The van der Waals surface area contributed by atoms with Gasteiger partial charge in [-0.25, -0.2) is 4.98 Å². The van der Waals surface area contributed by atoms with Crippen LogP contribution in [-0.2, 0) is 18.3 Å². The maximum absolute atomic E-state index is 12.8. The predicted octanol–water partition coefficient (Wildman–Crippen LogP) is 4.17. The highest BCUT2D eigenvalue weighted by Crippen LogP contribution is 2.29. The molecule has 0 bridgehead atoms. The summed E-state index contributed by atoms with van der Waals surface area (Å²) in [5, 5.41) is 0.837. The van der Waals surface area contributed by atoms with Crippen LogP contribution >= 0.6 is 11.8 Å². The van der Waals surface area contributed by atoms with Crippen LogP contribution < -0.4 is 9.64 Å². The van der Waals surface area contributed by atoms with Crippen LogP contribution in [0.5, 0.6) is 5.75 Å². The minimum atomic E-state index is 0.131. The molecule has 6 heteroatoms. The zero-order valence-corrected chi connectivity index (χ0v) is 16.9. The van der Waals surface area contributed by atoms with Crippen LogP contribution in [0.4, 0.5) is 5.69 Å². The van der Waals surface area contributed by atoms with E-state index in [1.165, 1.54) is 17.3 Å². The molecular formula is C22H23N3O2S. The summed E-state index contributed by atoms with van der Waals surface area (Å²) in [4.78, 5) is 19.3. The number of hydrogen-bond acceptors (Lipinski definition) is 4. The minimum Gasteiger partial charge on any atom is -0.497 e. The van der Waals surface area contributed by atoms with Crippen molar-refractivity contribution in [2.75, 3.05) is 24.3 Å². The van der Waals surface area contributed by atoms with Gasteiger partial charge in [0, 0.05) is 24.8 Å². The summed E-state index contributed by atoms with van der Waals surface area (Å²) in [5.74, 6) is 1.33. The average molecular weight is 394 g/mol. The van der Waals surface area contributed by atoms with E-state index in [2.05, 4.69) is 11.1 Å². The standard InChI is InChI=1S/C22H23N3O2S/c1-24-20(17-9-11-18(27-2)12-10-17)14-23-22(24)28-15-21(26)25-13-5-7-16-6-3-4-8-19(16)25/h3-4,6,8-12,14H,5,7,13,15H2,1-2H3. The number of methoxy groups -OCH3 is 1. The number of carbonyl (C=O) groups is 1. The Morgan fingerprint density at radius 3 is 2.75 bits per heavy atom. The van der Waals surface area contributed by atoms with Gasteiger partial charge < -0.3 is 14.2 Å². The van der Waals surface area contributed by atoms with Crippen molar-refractivity contribution < 1.29 is 9.53 Å². The molecule has 2 heterocycles. The molecule has 5 nitrogen and oxygen atoms in total. The first-order chi connectivity index (χ1) is 13.7. The van der Waals surface area contributed by atoms with Crippen molar-refractivity contribution in [2.24, 2.45) is 7.05 Å². The van der Waals surface area contributed by atoms with Crippen LogP contribution in [0.3, 0.4) is 0 Å². The fourth-order valence-electron chi connectivity index (χ4n) is 3.55. The Morgan fingerprint density at radius 2 is 1.96 bits per heavy atom. The maximum Gasteiger partial charge on any atom is 0.237 e. The lowest BCUT2D eigenvalue weighted by Crippen LogP contribution is -2.36. The molecule has 0 unspecified atom stereocenters. The highest BCUT2D eigenvalue weighted by Gasteiger charge is 2.22. The number of para-hydroxylation sites is 1. The van der Waals surface area contributed by atoms with Crippen LogP contribution in [0, 0.1) is 0 Å².